The summed E-state index contributed by atoms with van der Waals surface area (Å²) >= 11 is 0. The number of rotatable bonds is 0. The van der Waals surface area contributed by atoms with E-state index in [1.54, 1.807) is 18.6 Å². The van der Waals surface area contributed by atoms with Gasteiger partial charge in [-0.3, -0.25) is 4.98 Å². The maximum absolute atomic E-state index is 5.03. The minimum Gasteiger partial charge on any atom is -0.459 e. The third-order valence-corrected chi connectivity index (χ3v) is 1.11. The molecule has 0 aromatic rings. The van der Waals surface area contributed by atoms with Gasteiger partial charge < -0.3 is 4.42 Å². The second-order valence-corrected chi connectivity index (χ2v) is 1.69. The molecule has 0 radical (unpaired) electrons. The smallest absolute Gasteiger partial charge is 0.171 e. The van der Waals surface area contributed by atoms with Crippen molar-refractivity contribution in [2.45, 2.75) is 0 Å². The summed E-state index contributed by atoms with van der Waals surface area (Å²) in [6.45, 7) is 0. The van der Waals surface area contributed by atoms with Crippen LogP contribution in [0.4, 0.5) is 0 Å². The Hall–Kier alpha value is -1.38. The summed E-state index contributed by atoms with van der Waals surface area (Å²) in [6, 6.07) is 0. The molecule has 0 bridgehead atoms. The zero-order valence-corrected chi connectivity index (χ0v) is 4.61. The molecule has 0 unspecified atom stereocenters. The van der Waals surface area contributed by atoms with Crippen LogP contribution in [0.15, 0.2) is 29.3 Å². The molecule has 0 aromatic carbocycles. The first-order chi connectivity index (χ1) is 4.47. The SMILES string of the molecule is c1coc2cncc-2n1. The van der Waals surface area contributed by atoms with E-state index < -0.39 is 0 Å². The van der Waals surface area contributed by atoms with Crippen LogP contribution in [-0.2, 0) is 0 Å². The van der Waals surface area contributed by atoms with Crippen molar-refractivity contribution in [1.82, 2.24) is 9.97 Å². The molecule has 0 spiro atoms. The van der Waals surface area contributed by atoms with Gasteiger partial charge in [-0.05, 0) is 0 Å². The molecule has 2 aliphatic rings. The lowest BCUT2D eigenvalue weighted by atomic mass is 10.4. The summed E-state index contributed by atoms with van der Waals surface area (Å²) in [4.78, 5) is 7.83. The molecule has 3 nitrogen and oxygen atoms in total. The van der Waals surface area contributed by atoms with Crippen molar-refractivity contribution in [3.8, 4) is 11.5 Å². The molecule has 0 atom stereocenters. The van der Waals surface area contributed by atoms with Crippen molar-refractivity contribution in [3.05, 3.63) is 24.9 Å². The Morgan fingerprint density at radius 1 is 1.33 bits per heavy atom. The summed E-state index contributed by atoms with van der Waals surface area (Å²) in [5.41, 5.74) is 0.803. The lowest BCUT2D eigenvalue weighted by molar-refractivity contribution is 0.558. The number of aromatic nitrogens is 2. The molecule has 0 N–H and O–H groups in total. The molecule has 0 saturated heterocycles. The maximum Gasteiger partial charge on any atom is 0.171 e. The summed E-state index contributed by atoms with van der Waals surface area (Å²) in [5, 5.41) is 0. The largest absolute Gasteiger partial charge is 0.459 e. The average Bonchev–Trinajstić information content (AvgIpc) is 2.33. The van der Waals surface area contributed by atoms with Crippen molar-refractivity contribution in [2.75, 3.05) is 0 Å². The highest BCUT2D eigenvalue weighted by molar-refractivity contribution is 5.50. The van der Waals surface area contributed by atoms with Gasteiger partial charge >= 0.3 is 0 Å². The standard InChI is InChI=1S/C6H4N2O/c1-2-9-6-4-7-3-5(6)8-1/h1-4H. The highest BCUT2D eigenvalue weighted by atomic mass is 16.3. The van der Waals surface area contributed by atoms with E-state index in [9.17, 15) is 0 Å². The molecule has 0 amide bonds. The van der Waals surface area contributed by atoms with Crippen LogP contribution in [0.5, 0.6) is 0 Å². The zero-order valence-electron chi connectivity index (χ0n) is 4.61. The van der Waals surface area contributed by atoms with Gasteiger partial charge in [0, 0.05) is 0 Å². The second-order valence-electron chi connectivity index (χ2n) is 1.69. The predicted molar refractivity (Wildman–Crippen MR) is 30.9 cm³/mol. The van der Waals surface area contributed by atoms with Gasteiger partial charge in [0.25, 0.3) is 0 Å². The molecular weight excluding hydrogens is 116 g/mol. The van der Waals surface area contributed by atoms with Crippen molar-refractivity contribution < 1.29 is 4.42 Å². The van der Waals surface area contributed by atoms with E-state index in [4.69, 9.17) is 4.42 Å². The fraction of sp³-hybridized carbons (Fsp3) is 0. The van der Waals surface area contributed by atoms with Crippen LogP contribution in [-0.4, -0.2) is 9.97 Å². The Kier molecular flexibility index (Phi) is 0.773. The van der Waals surface area contributed by atoms with Gasteiger partial charge in [-0.2, -0.15) is 0 Å². The predicted octanol–water partition coefficient (Wildman–Crippen LogP) is 1.17. The quantitative estimate of drug-likeness (QED) is 0.524. The molecular formula is C6H4N2O. The van der Waals surface area contributed by atoms with Gasteiger partial charge in [0.05, 0.1) is 18.6 Å². The Balaban J connectivity index is 2.79. The number of hydrogen-bond acceptors (Lipinski definition) is 3. The van der Waals surface area contributed by atoms with Crippen molar-refractivity contribution >= 4 is 0 Å². The number of nitrogens with zero attached hydrogens (tertiary/aromatic N) is 2. The van der Waals surface area contributed by atoms with Crippen LogP contribution in [0.2, 0.25) is 0 Å². The first kappa shape index (κ1) is 4.49. The van der Waals surface area contributed by atoms with Crippen molar-refractivity contribution in [1.29, 1.82) is 0 Å². The monoisotopic (exact) mass is 120 g/mol. The molecule has 2 aliphatic heterocycles. The number of hydrogen-bond donors (Lipinski definition) is 0. The van der Waals surface area contributed by atoms with E-state index in [1.165, 1.54) is 6.26 Å². The van der Waals surface area contributed by atoms with Crippen LogP contribution in [0.3, 0.4) is 0 Å². The Bertz CT molecular complexity index is 251. The molecule has 0 aromatic heterocycles. The van der Waals surface area contributed by atoms with E-state index in [2.05, 4.69) is 9.97 Å². The topological polar surface area (TPSA) is 38.9 Å². The molecule has 0 aliphatic carbocycles. The van der Waals surface area contributed by atoms with Gasteiger partial charge in [-0.25, -0.2) is 4.98 Å². The van der Waals surface area contributed by atoms with Gasteiger partial charge in [0.1, 0.15) is 12.0 Å². The molecule has 44 valence electrons. The highest BCUT2D eigenvalue weighted by Crippen LogP contribution is 2.15. The maximum atomic E-state index is 5.03. The second kappa shape index (κ2) is 1.55. The summed E-state index contributed by atoms with van der Waals surface area (Å²) in [5.74, 6) is 0.734. The summed E-state index contributed by atoms with van der Waals surface area (Å²) < 4.78 is 5.03. The normalized spacial score (nSPS) is 10.2. The third kappa shape index (κ3) is 0.579. The molecule has 2 heterocycles. The molecule has 3 heteroatoms. The summed E-state index contributed by atoms with van der Waals surface area (Å²) in [6.07, 6.45) is 6.44. The fourth-order valence-corrected chi connectivity index (χ4v) is 0.708. The lowest BCUT2D eigenvalue weighted by Crippen LogP contribution is -1.75. The van der Waals surface area contributed by atoms with Gasteiger partial charge in [0.15, 0.2) is 5.76 Å². The van der Waals surface area contributed by atoms with E-state index in [0.717, 1.165) is 11.5 Å². The van der Waals surface area contributed by atoms with E-state index in [1.807, 2.05) is 0 Å². The third-order valence-electron chi connectivity index (χ3n) is 1.11. The lowest BCUT2D eigenvalue weighted by Gasteiger charge is -1.89. The van der Waals surface area contributed by atoms with Gasteiger partial charge in [0.2, 0.25) is 0 Å². The first-order valence-corrected chi connectivity index (χ1v) is 2.60. The molecule has 0 saturated carbocycles. The minimum atomic E-state index is 0.734. The fourth-order valence-electron chi connectivity index (χ4n) is 0.708. The van der Waals surface area contributed by atoms with Crippen LogP contribution in [0, 0.1) is 0 Å². The molecule has 2 rings (SSSR count). The van der Waals surface area contributed by atoms with Crippen LogP contribution in [0.1, 0.15) is 0 Å². The van der Waals surface area contributed by atoms with Crippen LogP contribution >= 0.6 is 0 Å². The van der Waals surface area contributed by atoms with E-state index in [0.29, 0.717) is 0 Å². The van der Waals surface area contributed by atoms with Gasteiger partial charge in [-0.1, -0.05) is 0 Å². The highest BCUT2D eigenvalue weighted by Gasteiger charge is 2.02. The van der Waals surface area contributed by atoms with Crippen LogP contribution < -0.4 is 0 Å². The zero-order chi connectivity index (χ0) is 6.10. The summed E-state index contributed by atoms with van der Waals surface area (Å²) in [7, 11) is 0. The van der Waals surface area contributed by atoms with E-state index >= 15 is 0 Å². The van der Waals surface area contributed by atoms with Crippen LogP contribution in [0.25, 0.3) is 11.5 Å². The Morgan fingerprint density at radius 3 is 3.22 bits per heavy atom. The van der Waals surface area contributed by atoms with Crippen molar-refractivity contribution in [3.63, 3.8) is 0 Å². The van der Waals surface area contributed by atoms with Gasteiger partial charge in [-0.15, -0.1) is 0 Å². The first-order valence-electron chi connectivity index (χ1n) is 2.60. The van der Waals surface area contributed by atoms with E-state index in [-0.39, 0.29) is 0 Å². The Morgan fingerprint density at radius 2 is 2.33 bits per heavy atom. The minimum absolute atomic E-state index is 0.734. The number of fused-ring (bicyclic) bond motifs is 1. The molecule has 9 heavy (non-hydrogen) atoms. The Labute approximate surface area is 51.7 Å². The average molecular weight is 120 g/mol. The molecule has 0 fully saturated rings. The van der Waals surface area contributed by atoms with Crippen molar-refractivity contribution in [2.24, 2.45) is 0 Å².